The molecule has 0 amide bonds. The molecule has 152 valence electrons. The number of fused-ring (bicyclic) bond motifs is 2. The number of imidazole rings is 1. The van der Waals surface area contributed by atoms with Crippen LogP contribution in [0.25, 0.3) is 22.6 Å². The number of hydrogen-bond donors (Lipinski definition) is 1. The second-order valence-electron chi connectivity index (χ2n) is 8.33. The first-order valence-electron chi connectivity index (χ1n) is 9.89. The van der Waals surface area contributed by atoms with Gasteiger partial charge in [-0.05, 0) is 31.0 Å². The van der Waals surface area contributed by atoms with Gasteiger partial charge in [0.25, 0.3) is 5.56 Å². The lowest BCUT2D eigenvalue weighted by molar-refractivity contribution is 0.139. The number of aromatic amines is 1. The van der Waals surface area contributed by atoms with E-state index in [1.807, 2.05) is 62.4 Å². The third-order valence-corrected chi connectivity index (χ3v) is 5.53. The van der Waals surface area contributed by atoms with Crippen LogP contribution in [0, 0.1) is 0 Å². The van der Waals surface area contributed by atoms with Crippen molar-refractivity contribution < 1.29 is 4.74 Å². The highest BCUT2D eigenvalue weighted by Gasteiger charge is 2.33. The molecule has 0 unspecified atom stereocenters. The third-order valence-electron chi connectivity index (χ3n) is 5.53. The summed E-state index contributed by atoms with van der Waals surface area (Å²) in [5, 5.41) is 0. The molecule has 1 N–H and O–H groups in total. The number of benzene rings is 2. The Morgan fingerprint density at radius 1 is 1.10 bits per heavy atom. The van der Waals surface area contributed by atoms with Crippen molar-refractivity contribution in [3.63, 3.8) is 0 Å². The van der Waals surface area contributed by atoms with Crippen LogP contribution in [0.3, 0.4) is 0 Å². The number of nitrogens with one attached hydrogen (secondary N) is 1. The molecule has 0 saturated carbocycles. The first-order valence-corrected chi connectivity index (χ1v) is 9.89. The van der Waals surface area contributed by atoms with E-state index in [0.29, 0.717) is 23.5 Å². The van der Waals surface area contributed by atoms with E-state index in [4.69, 9.17) is 9.72 Å². The predicted molar refractivity (Wildman–Crippen MR) is 115 cm³/mol. The number of nitrogens with zero attached hydrogens (tertiary/aromatic N) is 3. The molecule has 0 radical (unpaired) electrons. The second kappa shape index (κ2) is 6.45. The molecule has 0 fully saturated rings. The fourth-order valence-electron chi connectivity index (χ4n) is 4.19. The van der Waals surface area contributed by atoms with Crippen molar-refractivity contribution in [2.24, 2.45) is 7.05 Å². The Morgan fingerprint density at radius 2 is 1.87 bits per heavy atom. The molecule has 0 spiro atoms. The highest BCUT2D eigenvalue weighted by atomic mass is 16.5. The number of hydrogen-bond acceptors (Lipinski definition) is 4. The maximum atomic E-state index is 12.6. The molecule has 2 aromatic heterocycles. The Labute approximate surface area is 172 Å². The summed E-state index contributed by atoms with van der Waals surface area (Å²) in [5.74, 6) is 1.38. The van der Waals surface area contributed by atoms with Crippen molar-refractivity contribution >= 4 is 11.2 Å². The summed E-state index contributed by atoms with van der Waals surface area (Å²) in [4.78, 5) is 32.5. The number of aryl methyl sites for hydroxylation is 1. The number of H-pyrrole nitrogens is 1. The molecule has 0 saturated heterocycles. The number of rotatable bonds is 3. The summed E-state index contributed by atoms with van der Waals surface area (Å²) >= 11 is 0. The molecule has 1 aliphatic rings. The van der Waals surface area contributed by atoms with Crippen LogP contribution in [0.5, 0.6) is 5.75 Å². The van der Waals surface area contributed by atoms with E-state index in [0.717, 1.165) is 28.9 Å². The van der Waals surface area contributed by atoms with Crippen molar-refractivity contribution in [3.8, 4) is 17.1 Å². The Bertz CT molecular complexity index is 1390. The summed E-state index contributed by atoms with van der Waals surface area (Å²) in [5.41, 5.74) is 2.37. The molecule has 7 heteroatoms. The first kappa shape index (κ1) is 18.4. The minimum atomic E-state index is -0.475. The number of ether oxygens (including phenoxy) is 1. The van der Waals surface area contributed by atoms with Gasteiger partial charge in [-0.15, -0.1) is 0 Å². The van der Waals surface area contributed by atoms with E-state index in [2.05, 4.69) is 4.98 Å². The highest BCUT2D eigenvalue weighted by Crippen LogP contribution is 2.42. The van der Waals surface area contributed by atoms with E-state index in [9.17, 15) is 9.59 Å². The monoisotopic (exact) mass is 402 g/mol. The average Bonchev–Trinajstić information content (AvgIpc) is 3.21. The molecule has 4 aromatic rings. The van der Waals surface area contributed by atoms with Gasteiger partial charge in [-0.1, -0.05) is 42.5 Å². The molecule has 3 heterocycles. The molecular formula is C23H22N4O3. The van der Waals surface area contributed by atoms with Crippen LogP contribution in [0.2, 0.25) is 0 Å². The summed E-state index contributed by atoms with van der Waals surface area (Å²) in [6.07, 6.45) is 0.805. The molecule has 0 atom stereocenters. The zero-order valence-electron chi connectivity index (χ0n) is 17.1. The van der Waals surface area contributed by atoms with Gasteiger partial charge in [0.05, 0.1) is 12.1 Å². The van der Waals surface area contributed by atoms with Gasteiger partial charge in [0.1, 0.15) is 17.2 Å². The van der Waals surface area contributed by atoms with Crippen molar-refractivity contribution in [2.75, 3.05) is 0 Å². The Kier molecular flexibility index (Phi) is 3.96. The van der Waals surface area contributed by atoms with Gasteiger partial charge < -0.3 is 9.30 Å². The first-order chi connectivity index (χ1) is 14.3. The lowest BCUT2D eigenvalue weighted by atomic mass is 10.0. The summed E-state index contributed by atoms with van der Waals surface area (Å²) in [7, 11) is 1.79. The zero-order valence-corrected chi connectivity index (χ0v) is 17.1. The second-order valence-corrected chi connectivity index (χ2v) is 8.33. The van der Waals surface area contributed by atoms with Crippen molar-refractivity contribution in [1.82, 2.24) is 19.1 Å². The molecule has 30 heavy (non-hydrogen) atoms. The van der Waals surface area contributed by atoms with E-state index in [-0.39, 0.29) is 5.60 Å². The van der Waals surface area contributed by atoms with Crippen LogP contribution in [0.15, 0.2) is 58.1 Å². The maximum Gasteiger partial charge on any atom is 0.330 e. The average molecular weight is 402 g/mol. The molecule has 2 aromatic carbocycles. The smallest absolute Gasteiger partial charge is 0.330 e. The van der Waals surface area contributed by atoms with Crippen LogP contribution in [-0.4, -0.2) is 24.7 Å². The third kappa shape index (κ3) is 2.85. The van der Waals surface area contributed by atoms with Crippen LogP contribution in [0.1, 0.15) is 25.0 Å². The molecule has 0 bridgehead atoms. The number of aromatic nitrogens is 4. The van der Waals surface area contributed by atoms with E-state index in [1.54, 1.807) is 11.6 Å². The summed E-state index contributed by atoms with van der Waals surface area (Å²) in [6.45, 7) is 4.42. The lowest BCUT2D eigenvalue weighted by Gasteiger charge is -2.18. The zero-order chi connectivity index (χ0) is 21.0. The van der Waals surface area contributed by atoms with Crippen molar-refractivity contribution in [2.45, 2.75) is 32.4 Å². The summed E-state index contributed by atoms with van der Waals surface area (Å²) < 4.78 is 9.44. The highest BCUT2D eigenvalue weighted by molar-refractivity contribution is 5.79. The van der Waals surface area contributed by atoms with E-state index < -0.39 is 11.2 Å². The largest absolute Gasteiger partial charge is 0.486 e. The molecule has 1 aliphatic heterocycles. The fraction of sp³-hybridized carbons (Fsp3) is 0.261. The van der Waals surface area contributed by atoms with E-state index in [1.165, 1.54) is 4.57 Å². The Balaban J connectivity index is 1.74. The van der Waals surface area contributed by atoms with Gasteiger partial charge in [-0.3, -0.25) is 14.3 Å². The molecular weight excluding hydrogens is 380 g/mol. The molecule has 7 nitrogen and oxygen atoms in total. The Hall–Kier alpha value is -3.61. The van der Waals surface area contributed by atoms with Crippen molar-refractivity contribution in [1.29, 1.82) is 0 Å². The lowest BCUT2D eigenvalue weighted by Crippen LogP contribution is -2.31. The quantitative estimate of drug-likeness (QED) is 0.571. The number of para-hydroxylation sites is 1. The topological polar surface area (TPSA) is 81.9 Å². The summed E-state index contributed by atoms with van der Waals surface area (Å²) in [6, 6.07) is 15.6. The standard InChI is InChI=1S/C23H22N4O3/c1-23(2)12-15-10-7-11-16(18(15)30-23)19-24-20-17(26(19)3)21(28)25-22(29)27(20)13-14-8-5-4-6-9-14/h4-11H,12-13H2,1-3H3,(H,25,28,29). The van der Waals surface area contributed by atoms with Gasteiger partial charge in [0.2, 0.25) is 0 Å². The van der Waals surface area contributed by atoms with Gasteiger partial charge >= 0.3 is 5.69 Å². The van der Waals surface area contributed by atoms with Crippen molar-refractivity contribution in [3.05, 3.63) is 80.5 Å². The van der Waals surface area contributed by atoms with Crippen LogP contribution < -0.4 is 16.0 Å². The Morgan fingerprint density at radius 3 is 2.63 bits per heavy atom. The van der Waals surface area contributed by atoms with Gasteiger partial charge in [-0.25, -0.2) is 9.78 Å². The molecule has 5 rings (SSSR count). The van der Waals surface area contributed by atoms with Gasteiger partial charge in [0.15, 0.2) is 11.2 Å². The predicted octanol–water partition coefficient (Wildman–Crippen LogP) is 2.85. The molecule has 0 aliphatic carbocycles. The fourth-order valence-corrected chi connectivity index (χ4v) is 4.19. The maximum absolute atomic E-state index is 12.6. The van der Waals surface area contributed by atoms with E-state index >= 15 is 0 Å². The van der Waals surface area contributed by atoms with Gasteiger partial charge in [0, 0.05) is 13.5 Å². The normalized spacial score (nSPS) is 14.6. The minimum absolute atomic E-state index is 0.296. The van der Waals surface area contributed by atoms with Crippen LogP contribution >= 0.6 is 0 Å². The van der Waals surface area contributed by atoms with Crippen LogP contribution in [-0.2, 0) is 20.0 Å². The minimum Gasteiger partial charge on any atom is -0.486 e. The SMILES string of the molecule is Cn1c(-c2cccc3c2OC(C)(C)C3)nc2c1c(=O)[nH]c(=O)n2Cc1ccccc1. The van der Waals surface area contributed by atoms with Gasteiger partial charge in [-0.2, -0.15) is 0 Å². The van der Waals surface area contributed by atoms with Crippen LogP contribution in [0.4, 0.5) is 0 Å².